The lowest BCUT2D eigenvalue weighted by Gasteiger charge is -2.18. The van der Waals surface area contributed by atoms with E-state index in [1.807, 2.05) is 36.4 Å². The Morgan fingerprint density at radius 3 is 2.58 bits per heavy atom. The minimum atomic E-state index is -0.177. The molecule has 2 aromatic carbocycles. The highest BCUT2D eigenvalue weighted by molar-refractivity contribution is 5.57. The molecule has 3 rings (SSSR count). The van der Waals surface area contributed by atoms with Crippen LogP contribution in [-0.2, 0) is 6.42 Å². The lowest BCUT2D eigenvalue weighted by atomic mass is 10.0. The molecule has 0 radical (unpaired) electrons. The van der Waals surface area contributed by atoms with Gasteiger partial charge in [-0.3, -0.25) is 0 Å². The number of ether oxygens (including phenoxy) is 2. The van der Waals surface area contributed by atoms with E-state index in [2.05, 4.69) is 19.9 Å². The van der Waals surface area contributed by atoms with Crippen molar-refractivity contribution in [3.05, 3.63) is 48.0 Å². The molecule has 0 aromatic heterocycles. The fourth-order valence-electron chi connectivity index (χ4n) is 2.36. The maximum Gasteiger partial charge on any atom is 0.169 e. The third-order valence-corrected chi connectivity index (χ3v) is 3.19. The molecule has 3 nitrogen and oxygen atoms in total. The fraction of sp³-hybridized carbons (Fsp3) is 0.250. The molecule has 19 heavy (non-hydrogen) atoms. The summed E-state index contributed by atoms with van der Waals surface area (Å²) in [6, 6.07) is 13.4. The minimum Gasteiger partial charge on any atom is -0.483 e. The number of para-hydroxylation sites is 3. The summed E-state index contributed by atoms with van der Waals surface area (Å²) in [4.78, 5) is 0. The van der Waals surface area contributed by atoms with Crippen LogP contribution in [0.3, 0.4) is 0 Å². The van der Waals surface area contributed by atoms with Gasteiger partial charge in [0, 0.05) is 12.0 Å². The van der Waals surface area contributed by atoms with Gasteiger partial charge in [-0.15, -0.1) is 0 Å². The molecule has 3 heteroatoms. The summed E-state index contributed by atoms with van der Waals surface area (Å²) < 4.78 is 11.9. The van der Waals surface area contributed by atoms with Gasteiger partial charge in [0.1, 0.15) is 5.60 Å². The molecular formula is C16H17NO2. The molecule has 1 aliphatic heterocycles. The van der Waals surface area contributed by atoms with Gasteiger partial charge in [-0.2, -0.15) is 0 Å². The first-order chi connectivity index (χ1) is 9.05. The number of rotatable bonds is 2. The highest BCUT2D eigenvalue weighted by Crippen LogP contribution is 2.43. The van der Waals surface area contributed by atoms with E-state index in [0.29, 0.717) is 11.4 Å². The van der Waals surface area contributed by atoms with Gasteiger partial charge in [0.05, 0.1) is 5.69 Å². The summed E-state index contributed by atoms with van der Waals surface area (Å²) in [5.41, 5.74) is 7.52. The topological polar surface area (TPSA) is 44.5 Å². The Morgan fingerprint density at radius 2 is 1.79 bits per heavy atom. The molecule has 1 heterocycles. The van der Waals surface area contributed by atoms with Crippen molar-refractivity contribution >= 4 is 5.69 Å². The highest BCUT2D eigenvalue weighted by Gasteiger charge is 2.32. The van der Waals surface area contributed by atoms with E-state index in [1.165, 1.54) is 5.56 Å². The predicted molar refractivity (Wildman–Crippen MR) is 75.8 cm³/mol. The monoisotopic (exact) mass is 255 g/mol. The van der Waals surface area contributed by atoms with E-state index in [-0.39, 0.29) is 5.60 Å². The highest BCUT2D eigenvalue weighted by atomic mass is 16.5. The van der Waals surface area contributed by atoms with Gasteiger partial charge in [0.15, 0.2) is 17.2 Å². The van der Waals surface area contributed by atoms with Crippen molar-refractivity contribution in [1.82, 2.24) is 0 Å². The Kier molecular flexibility index (Phi) is 2.63. The molecule has 0 saturated carbocycles. The molecule has 0 unspecified atom stereocenters. The SMILES string of the molecule is CC1(C)Cc2cccc(Oc3ccccc3N)c2O1. The Bertz CT molecular complexity index is 620. The second-order valence-electron chi connectivity index (χ2n) is 5.42. The first-order valence-corrected chi connectivity index (χ1v) is 6.38. The molecule has 98 valence electrons. The van der Waals surface area contributed by atoms with Crippen LogP contribution in [0.15, 0.2) is 42.5 Å². The third-order valence-electron chi connectivity index (χ3n) is 3.19. The second-order valence-corrected chi connectivity index (χ2v) is 5.42. The van der Waals surface area contributed by atoms with Gasteiger partial charge in [-0.05, 0) is 32.0 Å². The Labute approximate surface area is 113 Å². The summed E-state index contributed by atoms with van der Waals surface area (Å²) in [7, 11) is 0. The molecule has 2 aromatic rings. The molecule has 0 amide bonds. The summed E-state index contributed by atoms with van der Waals surface area (Å²) in [5, 5.41) is 0. The smallest absolute Gasteiger partial charge is 0.169 e. The Hall–Kier alpha value is -2.16. The van der Waals surface area contributed by atoms with Crippen molar-refractivity contribution in [2.75, 3.05) is 5.73 Å². The van der Waals surface area contributed by atoms with Gasteiger partial charge in [-0.1, -0.05) is 24.3 Å². The van der Waals surface area contributed by atoms with E-state index in [9.17, 15) is 0 Å². The van der Waals surface area contributed by atoms with E-state index in [0.717, 1.165) is 17.9 Å². The molecule has 0 atom stereocenters. The van der Waals surface area contributed by atoms with Crippen molar-refractivity contribution in [1.29, 1.82) is 0 Å². The second kappa shape index (κ2) is 4.19. The number of fused-ring (bicyclic) bond motifs is 1. The number of hydrogen-bond donors (Lipinski definition) is 1. The number of nitrogens with two attached hydrogens (primary N) is 1. The van der Waals surface area contributed by atoms with Crippen LogP contribution in [0.5, 0.6) is 17.2 Å². The normalized spacial score (nSPS) is 15.7. The predicted octanol–water partition coefficient (Wildman–Crippen LogP) is 3.77. The van der Waals surface area contributed by atoms with Crippen molar-refractivity contribution in [3.63, 3.8) is 0 Å². The van der Waals surface area contributed by atoms with Gasteiger partial charge in [0.2, 0.25) is 0 Å². The van der Waals surface area contributed by atoms with Gasteiger partial charge < -0.3 is 15.2 Å². The summed E-state index contributed by atoms with van der Waals surface area (Å²) in [5.74, 6) is 2.21. The molecule has 0 bridgehead atoms. The van der Waals surface area contributed by atoms with Crippen molar-refractivity contribution in [3.8, 4) is 17.2 Å². The van der Waals surface area contributed by atoms with Crippen LogP contribution in [0.25, 0.3) is 0 Å². The maximum absolute atomic E-state index is 5.97. The molecule has 0 spiro atoms. The van der Waals surface area contributed by atoms with E-state index in [1.54, 1.807) is 0 Å². The zero-order chi connectivity index (χ0) is 13.5. The first-order valence-electron chi connectivity index (χ1n) is 6.38. The van der Waals surface area contributed by atoms with Crippen LogP contribution in [0.1, 0.15) is 19.4 Å². The number of nitrogen functional groups attached to an aromatic ring is 1. The Balaban J connectivity index is 1.96. The van der Waals surface area contributed by atoms with Crippen LogP contribution in [0.4, 0.5) is 5.69 Å². The van der Waals surface area contributed by atoms with Crippen LogP contribution < -0.4 is 15.2 Å². The average molecular weight is 255 g/mol. The molecule has 0 aliphatic carbocycles. The fourth-order valence-corrected chi connectivity index (χ4v) is 2.36. The quantitative estimate of drug-likeness (QED) is 0.831. The molecule has 0 fully saturated rings. The number of hydrogen-bond acceptors (Lipinski definition) is 3. The van der Waals surface area contributed by atoms with Crippen LogP contribution in [0, 0.1) is 0 Å². The average Bonchev–Trinajstić information content (AvgIpc) is 2.67. The standard InChI is InChI=1S/C16H17NO2/c1-16(2)10-11-6-5-9-14(15(11)19-16)18-13-8-4-3-7-12(13)17/h3-9H,10,17H2,1-2H3. The molecule has 0 saturated heterocycles. The van der Waals surface area contributed by atoms with Gasteiger partial charge >= 0.3 is 0 Å². The zero-order valence-corrected chi connectivity index (χ0v) is 11.1. The summed E-state index contributed by atoms with van der Waals surface area (Å²) in [6.07, 6.45) is 0.893. The van der Waals surface area contributed by atoms with E-state index in [4.69, 9.17) is 15.2 Å². The van der Waals surface area contributed by atoms with Crippen LogP contribution in [-0.4, -0.2) is 5.60 Å². The van der Waals surface area contributed by atoms with Crippen molar-refractivity contribution in [2.24, 2.45) is 0 Å². The molecule has 2 N–H and O–H groups in total. The lowest BCUT2D eigenvalue weighted by molar-refractivity contribution is 0.135. The zero-order valence-electron chi connectivity index (χ0n) is 11.1. The first kappa shape index (κ1) is 11.9. The summed E-state index contributed by atoms with van der Waals surface area (Å²) >= 11 is 0. The van der Waals surface area contributed by atoms with E-state index < -0.39 is 0 Å². The van der Waals surface area contributed by atoms with Gasteiger partial charge in [-0.25, -0.2) is 0 Å². The molecular weight excluding hydrogens is 238 g/mol. The minimum absolute atomic E-state index is 0.177. The largest absolute Gasteiger partial charge is 0.483 e. The number of benzene rings is 2. The maximum atomic E-state index is 5.97. The third kappa shape index (κ3) is 2.24. The summed E-state index contributed by atoms with van der Waals surface area (Å²) in [6.45, 7) is 4.15. The Morgan fingerprint density at radius 1 is 1.05 bits per heavy atom. The van der Waals surface area contributed by atoms with Crippen LogP contribution in [0.2, 0.25) is 0 Å². The van der Waals surface area contributed by atoms with Crippen molar-refractivity contribution < 1.29 is 9.47 Å². The number of anilines is 1. The molecule has 1 aliphatic rings. The van der Waals surface area contributed by atoms with Crippen LogP contribution >= 0.6 is 0 Å². The van der Waals surface area contributed by atoms with Crippen molar-refractivity contribution in [2.45, 2.75) is 25.9 Å². The van der Waals surface area contributed by atoms with E-state index >= 15 is 0 Å². The van der Waals surface area contributed by atoms with Gasteiger partial charge in [0.25, 0.3) is 0 Å². The lowest BCUT2D eigenvalue weighted by Crippen LogP contribution is -2.24.